The molecule has 0 saturated heterocycles. The second kappa shape index (κ2) is 5.72. The minimum Gasteiger partial charge on any atom is -0.462 e. The van der Waals surface area contributed by atoms with Crippen LogP contribution in [-0.2, 0) is 4.79 Å². The van der Waals surface area contributed by atoms with E-state index < -0.39 is 22.4 Å². The number of ketones is 3. The van der Waals surface area contributed by atoms with Crippen molar-refractivity contribution in [1.82, 2.24) is 0 Å². The first kappa shape index (κ1) is 16.7. The summed E-state index contributed by atoms with van der Waals surface area (Å²) in [6, 6.07) is 3.48. The lowest BCUT2D eigenvalue weighted by molar-refractivity contribution is -0.111. The van der Waals surface area contributed by atoms with Gasteiger partial charge in [0.25, 0.3) is 0 Å². The summed E-state index contributed by atoms with van der Waals surface area (Å²) < 4.78 is 5.25. The van der Waals surface area contributed by atoms with Gasteiger partial charge in [-0.3, -0.25) is 14.4 Å². The number of hydrogen-bond acceptors (Lipinski definition) is 4. The summed E-state index contributed by atoms with van der Waals surface area (Å²) in [4.78, 5) is 36.9. The van der Waals surface area contributed by atoms with E-state index >= 15 is 0 Å². The zero-order chi connectivity index (χ0) is 17.8. The van der Waals surface area contributed by atoms with Gasteiger partial charge in [-0.25, -0.2) is 0 Å². The lowest BCUT2D eigenvalue weighted by Gasteiger charge is -2.11. The molecule has 0 amide bonds. The van der Waals surface area contributed by atoms with E-state index in [2.05, 4.69) is 0 Å². The van der Waals surface area contributed by atoms with Gasteiger partial charge >= 0.3 is 0 Å². The van der Waals surface area contributed by atoms with E-state index in [1.807, 2.05) is 20.8 Å². The number of benzene rings is 1. The molecule has 1 aliphatic rings. The normalized spacial score (nSPS) is 14.2. The minimum atomic E-state index is -0.944. The van der Waals surface area contributed by atoms with Crippen LogP contribution < -0.4 is 0 Å². The maximum Gasteiger partial charge on any atom is 0.246 e. The first-order valence-electron chi connectivity index (χ1n) is 7.12. The van der Waals surface area contributed by atoms with Crippen molar-refractivity contribution in [2.45, 2.75) is 20.8 Å². The Kier molecular flexibility index (Phi) is 3.98. The lowest BCUT2D eigenvalue weighted by Crippen LogP contribution is -2.22. The van der Waals surface area contributed by atoms with Gasteiger partial charge in [0.1, 0.15) is 16.3 Å². The van der Waals surface area contributed by atoms with Crippen LogP contribution in [-0.4, -0.2) is 17.3 Å². The van der Waals surface area contributed by atoms with Crippen LogP contribution in [0.3, 0.4) is 0 Å². The van der Waals surface area contributed by atoms with E-state index in [4.69, 9.17) is 27.6 Å². The van der Waals surface area contributed by atoms with Crippen molar-refractivity contribution in [2.75, 3.05) is 0 Å². The molecule has 6 heteroatoms. The summed E-state index contributed by atoms with van der Waals surface area (Å²) in [5.74, 6) is -2.29. The molecule has 0 fully saturated rings. The lowest BCUT2D eigenvalue weighted by atomic mass is 9.91. The van der Waals surface area contributed by atoms with Crippen LogP contribution >= 0.6 is 23.2 Å². The van der Waals surface area contributed by atoms with Crippen LogP contribution in [0, 0.1) is 20.8 Å². The molecular weight excluding hydrogens is 351 g/mol. The summed E-state index contributed by atoms with van der Waals surface area (Å²) in [7, 11) is 0. The van der Waals surface area contributed by atoms with Crippen molar-refractivity contribution in [3.8, 4) is 0 Å². The van der Waals surface area contributed by atoms with Gasteiger partial charge in [0.05, 0.1) is 11.1 Å². The molecule has 122 valence electrons. The Morgan fingerprint density at radius 1 is 0.958 bits per heavy atom. The van der Waals surface area contributed by atoms with Crippen molar-refractivity contribution in [3.05, 3.63) is 62.6 Å². The minimum absolute atomic E-state index is 0.00770. The van der Waals surface area contributed by atoms with Crippen LogP contribution in [0.5, 0.6) is 0 Å². The molecule has 0 spiro atoms. The van der Waals surface area contributed by atoms with E-state index in [0.29, 0.717) is 5.56 Å². The Labute approximate surface area is 148 Å². The topological polar surface area (TPSA) is 64.3 Å². The summed E-state index contributed by atoms with van der Waals surface area (Å²) in [5.41, 5.74) is 3.29. The smallest absolute Gasteiger partial charge is 0.246 e. The Hall–Kier alpha value is -2.17. The van der Waals surface area contributed by atoms with Gasteiger partial charge in [0, 0.05) is 5.56 Å². The molecule has 0 bridgehead atoms. The van der Waals surface area contributed by atoms with Gasteiger partial charge in [-0.15, -0.1) is 0 Å². The van der Waals surface area contributed by atoms with Gasteiger partial charge in [-0.1, -0.05) is 23.2 Å². The van der Waals surface area contributed by atoms with Crippen molar-refractivity contribution in [2.24, 2.45) is 0 Å². The van der Waals surface area contributed by atoms with Crippen LogP contribution in [0.2, 0.25) is 0 Å². The highest BCUT2D eigenvalue weighted by Crippen LogP contribution is 2.37. The Bertz CT molecular complexity index is 940. The molecule has 0 saturated carbocycles. The Balaban J connectivity index is 2.17. The van der Waals surface area contributed by atoms with Gasteiger partial charge < -0.3 is 4.42 Å². The van der Waals surface area contributed by atoms with E-state index in [1.54, 1.807) is 12.1 Å². The number of furan rings is 1. The van der Waals surface area contributed by atoms with E-state index in [1.165, 1.54) is 0 Å². The maximum atomic E-state index is 12.8. The highest BCUT2D eigenvalue weighted by molar-refractivity contribution is 6.71. The fourth-order valence-corrected chi connectivity index (χ4v) is 3.04. The average Bonchev–Trinajstić information content (AvgIpc) is 2.99. The van der Waals surface area contributed by atoms with E-state index in [0.717, 1.165) is 23.0 Å². The number of Topliss-reactive ketones (excluding diaryl/α,β-unsaturated/α-hetero) is 2. The molecule has 4 nitrogen and oxygen atoms in total. The molecule has 2 aromatic rings. The molecule has 1 aromatic carbocycles. The molecule has 3 rings (SSSR count). The molecule has 1 heterocycles. The van der Waals surface area contributed by atoms with Gasteiger partial charge in [-0.05, 0) is 49.6 Å². The number of fused-ring (bicyclic) bond motifs is 1. The highest BCUT2D eigenvalue weighted by atomic mass is 35.5. The van der Waals surface area contributed by atoms with Gasteiger partial charge in [-0.2, -0.15) is 0 Å². The van der Waals surface area contributed by atoms with Crippen molar-refractivity contribution >= 4 is 45.6 Å². The summed E-state index contributed by atoms with van der Waals surface area (Å²) in [6.07, 6.45) is 1.14. The number of halogens is 2. The van der Waals surface area contributed by atoms with Crippen LogP contribution in [0.1, 0.15) is 48.7 Å². The first-order valence-corrected chi connectivity index (χ1v) is 7.88. The predicted molar refractivity (Wildman–Crippen MR) is 90.8 cm³/mol. The summed E-state index contributed by atoms with van der Waals surface area (Å²) in [5, 5.41) is -0.559. The number of allylic oxidation sites excluding steroid dienone is 1. The number of carbonyl (C=O) groups is 3. The molecule has 1 aliphatic carbocycles. The fraction of sp³-hybridized carbons (Fsp3) is 0.167. The standard InChI is InChI=1S/C18H12Cl2O4/c1-7-4-10(5-8(2)9(7)3)15(21)11-6-24-18-12(11)16(22)17(23)13(19)14(18)20/h4-6H,1-3H3. The zero-order valence-electron chi connectivity index (χ0n) is 13.1. The van der Waals surface area contributed by atoms with Gasteiger partial charge in [0.15, 0.2) is 11.5 Å². The SMILES string of the molecule is Cc1cc(C(=O)c2coc3c2C(=O)C(=O)C(Cl)=C3Cl)cc(C)c1C. The molecule has 1 aromatic heterocycles. The van der Waals surface area contributed by atoms with Gasteiger partial charge in [0.2, 0.25) is 11.6 Å². The Morgan fingerprint density at radius 3 is 2.12 bits per heavy atom. The van der Waals surface area contributed by atoms with Crippen LogP contribution in [0.15, 0.2) is 27.8 Å². The maximum absolute atomic E-state index is 12.8. The molecule has 0 atom stereocenters. The molecule has 0 aliphatic heterocycles. The first-order chi connectivity index (χ1) is 11.2. The molecule has 0 unspecified atom stereocenters. The predicted octanol–water partition coefficient (Wildman–Crippen LogP) is 4.35. The Morgan fingerprint density at radius 2 is 1.54 bits per heavy atom. The van der Waals surface area contributed by atoms with E-state index in [-0.39, 0.29) is 21.9 Å². The van der Waals surface area contributed by atoms with E-state index in [9.17, 15) is 14.4 Å². The highest BCUT2D eigenvalue weighted by Gasteiger charge is 2.38. The van der Waals surface area contributed by atoms with Crippen molar-refractivity contribution in [3.63, 3.8) is 0 Å². The monoisotopic (exact) mass is 362 g/mol. The molecule has 0 N–H and O–H groups in total. The second-order valence-corrected chi connectivity index (χ2v) is 6.46. The van der Waals surface area contributed by atoms with Crippen LogP contribution in [0.25, 0.3) is 5.03 Å². The number of rotatable bonds is 2. The third kappa shape index (κ3) is 2.34. The average molecular weight is 363 g/mol. The molecule has 0 radical (unpaired) electrons. The zero-order valence-corrected chi connectivity index (χ0v) is 14.6. The largest absolute Gasteiger partial charge is 0.462 e. The second-order valence-electron chi connectivity index (χ2n) is 5.70. The fourth-order valence-electron chi connectivity index (χ4n) is 2.65. The quantitative estimate of drug-likeness (QED) is 0.588. The van der Waals surface area contributed by atoms with Crippen molar-refractivity contribution < 1.29 is 18.8 Å². The third-order valence-corrected chi connectivity index (χ3v) is 5.07. The summed E-state index contributed by atoms with van der Waals surface area (Å²) in [6.45, 7) is 5.77. The van der Waals surface area contributed by atoms with Crippen LogP contribution in [0.4, 0.5) is 0 Å². The number of aryl methyl sites for hydroxylation is 2. The summed E-state index contributed by atoms with van der Waals surface area (Å²) >= 11 is 11.7. The number of hydrogen-bond donors (Lipinski definition) is 0. The molecular formula is C18H12Cl2O4. The number of carbonyl (C=O) groups excluding carboxylic acids is 3. The van der Waals surface area contributed by atoms with Crippen molar-refractivity contribution in [1.29, 1.82) is 0 Å². The third-order valence-electron chi connectivity index (χ3n) is 4.25. The molecule has 24 heavy (non-hydrogen) atoms.